The van der Waals surface area contributed by atoms with E-state index < -0.39 is 0 Å². The van der Waals surface area contributed by atoms with Gasteiger partial charge in [-0.15, -0.1) is 0 Å². The Hall–Kier alpha value is -3.08. The van der Waals surface area contributed by atoms with Gasteiger partial charge in [-0.05, 0) is 55.2 Å². The zero-order chi connectivity index (χ0) is 18.8. The largest absolute Gasteiger partial charge is 0.464 e. The topological polar surface area (TPSA) is 71.3 Å². The Morgan fingerprint density at radius 1 is 1.04 bits per heavy atom. The molecule has 3 aromatic rings. The number of aryl methyl sites for hydroxylation is 1. The van der Waals surface area contributed by atoms with Gasteiger partial charge in [0, 0.05) is 28.2 Å². The van der Waals surface area contributed by atoms with Gasteiger partial charge >= 0.3 is 0 Å². The Morgan fingerprint density at radius 2 is 1.74 bits per heavy atom. The van der Waals surface area contributed by atoms with E-state index in [9.17, 15) is 9.59 Å². The van der Waals surface area contributed by atoms with E-state index in [4.69, 9.17) is 4.42 Å². The Labute approximate surface area is 157 Å². The summed E-state index contributed by atoms with van der Waals surface area (Å²) in [6.07, 6.45) is 4.80. The van der Waals surface area contributed by atoms with E-state index in [1.807, 2.05) is 12.1 Å². The fourth-order valence-electron chi connectivity index (χ4n) is 3.09. The summed E-state index contributed by atoms with van der Waals surface area (Å²) in [6, 6.07) is 13.3. The van der Waals surface area contributed by atoms with Crippen LogP contribution in [0.25, 0.3) is 11.0 Å². The standard InChI is InChI=1S/C22H22N2O3/c1-2-14-3-10-19-16(13-27-20(19)11-14)12-21(25)23-17-6-8-18(9-7-17)24-22(26)15-4-5-15/h3,6-11,13,15H,2,4-5,12H2,1H3,(H,23,25)(H,24,26). The first-order valence-electron chi connectivity index (χ1n) is 9.32. The van der Waals surface area contributed by atoms with Gasteiger partial charge in [0.25, 0.3) is 0 Å². The summed E-state index contributed by atoms with van der Waals surface area (Å²) in [5.41, 5.74) is 4.34. The first-order valence-corrected chi connectivity index (χ1v) is 9.32. The van der Waals surface area contributed by atoms with Crippen LogP contribution in [0.2, 0.25) is 0 Å². The van der Waals surface area contributed by atoms with Crippen LogP contribution in [-0.4, -0.2) is 11.8 Å². The van der Waals surface area contributed by atoms with Crippen molar-refractivity contribution in [2.75, 3.05) is 10.6 Å². The van der Waals surface area contributed by atoms with Crippen molar-refractivity contribution in [1.82, 2.24) is 0 Å². The van der Waals surface area contributed by atoms with E-state index >= 15 is 0 Å². The zero-order valence-electron chi connectivity index (χ0n) is 15.2. The summed E-state index contributed by atoms with van der Waals surface area (Å²) in [5.74, 6) is 0.138. The van der Waals surface area contributed by atoms with Gasteiger partial charge in [0.1, 0.15) is 5.58 Å². The molecule has 0 aliphatic heterocycles. The van der Waals surface area contributed by atoms with Crippen LogP contribution in [0.15, 0.2) is 53.1 Å². The molecule has 2 amide bonds. The van der Waals surface area contributed by atoms with Crippen LogP contribution in [-0.2, 0) is 22.4 Å². The highest BCUT2D eigenvalue weighted by Gasteiger charge is 2.29. The number of rotatable bonds is 6. The highest BCUT2D eigenvalue weighted by Crippen LogP contribution is 2.30. The lowest BCUT2D eigenvalue weighted by Gasteiger charge is -2.07. The lowest BCUT2D eigenvalue weighted by molar-refractivity contribution is -0.117. The SMILES string of the molecule is CCc1ccc2c(CC(=O)Nc3ccc(NC(=O)C4CC4)cc3)coc2c1. The quantitative estimate of drug-likeness (QED) is 0.677. The molecule has 1 aliphatic rings. The van der Waals surface area contributed by atoms with Crippen LogP contribution in [0.3, 0.4) is 0 Å². The summed E-state index contributed by atoms with van der Waals surface area (Å²) in [7, 11) is 0. The molecule has 2 aromatic carbocycles. The second kappa shape index (κ2) is 7.27. The number of benzene rings is 2. The minimum absolute atomic E-state index is 0.0739. The van der Waals surface area contributed by atoms with E-state index in [2.05, 4.69) is 23.6 Å². The molecule has 1 aliphatic carbocycles. The molecule has 0 saturated heterocycles. The Morgan fingerprint density at radius 3 is 2.41 bits per heavy atom. The molecule has 138 valence electrons. The minimum atomic E-state index is -0.105. The molecular weight excluding hydrogens is 340 g/mol. The third-order valence-corrected chi connectivity index (χ3v) is 4.86. The fraction of sp³-hybridized carbons (Fsp3) is 0.273. The molecule has 0 atom stereocenters. The number of furan rings is 1. The van der Waals surface area contributed by atoms with Crippen molar-refractivity contribution >= 4 is 34.2 Å². The van der Waals surface area contributed by atoms with Gasteiger partial charge in [-0.1, -0.05) is 19.1 Å². The van der Waals surface area contributed by atoms with E-state index in [0.717, 1.165) is 41.5 Å². The van der Waals surface area contributed by atoms with E-state index in [1.165, 1.54) is 5.56 Å². The Balaban J connectivity index is 1.38. The Kier molecular flexibility index (Phi) is 4.67. The average Bonchev–Trinajstić information content (AvgIpc) is 3.46. The molecule has 1 aromatic heterocycles. The maximum atomic E-state index is 12.4. The molecule has 0 bridgehead atoms. The van der Waals surface area contributed by atoms with Crippen LogP contribution in [0, 0.1) is 5.92 Å². The number of anilines is 2. The molecule has 27 heavy (non-hydrogen) atoms. The summed E-state index contributed by atoms with van der Waals surface area (Å²) < 4.78 is 5.60. The Bertz CT molecular complexity index is 984. The molecule has 0 unspecified atom stereocenters. The third kappa shape index (κ3) is 4.03. The van der Waals surface area contributed by atoms with Crippen molar-refractivity contribution in [3.8, 4) is 0 Å². The first-order chi connectivity index (χ1) is 13.1. The van der Waals surface area contributed by atoms with Crippen LogP contribution in [0.1, 0.15) is 30.9 Å². The van der Waals surface area contributed by atoms with Gasteiger partial charge in [-0.3, -0.25) is 9.59 Å². The predicted octanol–water partition coefficient (Wildman–Crippen LogP) is 4.52. The van der Waals surface area contributed by atoms with Crippen molar-refractivity contribution in [2.45, 2.75) is 32.6 Å². The smallest absolute Gasteiger partial charge is 0.228 e. The highest BCUT2D eigenvalue weighted by atomic mass is 16.3. The van der Waals surface area contributed by atoms with Gasteiger partial charge in [-0.25, -0.2) is 0 Å². The first kappa shape index (κ1) is 17.3. The second-order valence-electron chi connectivity index (χ2n) is 7.01. The maximum Gasteiger partial charge on any atom is 0.228 e. The molecule has 0 radical (unpaired) electrons. The van der Waals surface area contributed by atoms with Crippen LogP contribution >= 0.6 is 0 Å². The molecule has 5 heteroatoms. The highest BCUT2D eigenvalue weighted by molar-refractivity contribution is 5.96. The summed E-state index contributed by atoms with van der Waals surface area (Å²) in [5, 5.41) is 6.75. The number of hydrogen-bond acceptors (Lipinski definition) is 3. The van der Waals surface area contributed by atoms with Crippen LogP contribution in [0.5, 0.6) is 0 Å². The van der Waals surface area contributed by atoms with Crippen molar-refractivity contribution in [3.63, 3.8) is 0 Å². The molecule has 0 spiro atoms. The van der Waals surface area contributed by atoms with Crippen molar-refractivity contribution < 1.29 is 14.0 Å². The number of carbonyl (C=O) groups excluding carboxylic acids is 2. The van der Waals surface area contributed by atoms with Crippen molar-refractivity contribution in [2.24, 2.45) is 5.92 Å². The van der Waals surface area contributed by atoms with Crippen LogP contribution < -0.4 is 10.6 Å². The number of fused-ring (bicyclic) bond motifs is 1. The normalized spacial score (nSPS) is 13.5. The van der Waals surface area contributed by atoms with Gasteiger partial charge in [0.15, 0.2) is 0 Å². The number of hydrogen-bond donors (Lipinski definition) is 2. The molecule has 1 heterocycles. The van der Waals surface area contributed by atoms with Gasteiger partial charge in [0.2, 0.25) is 11.8 Å². The molecule has 1 fully saturated rings. The van der Waals surface area contributed by atoms with Crippen molar-refractivity contribution in [3.05, 3.63) is 59.9 Å². The summed E-state index contributed by atoms with van der Waals surface area (Å²) >= 11 is 0. The number of carbonyl (C=O) groups is 2. The van der Waals surface area contributed by atoms with E-state index in [1.54, 1.807) is 30.5 Å². The second-order valence-corrected chi connectivity index (χ2v) is 7.01. The average molecular weight is 362 g/mol. The van der Waals surface area contributed by atoms with Gasteiger partial charge in [0.05, 0.1) is 12.7 Å². The van der Waals surface area contributed by atoms with Crippen LogP contribution in [0.4, 0.5) is 11.4 Å². The predicted molar refractivity (Wildman–Crippen MR) is 106 cm³/mol. The van der Waals surface area contributed by atoms with Gasteiger partial charge in [-0.2, -0.15) is 0 Å². The summed E-state index contributed by atoms with van der Waals surface area (Å²) in [6.45, 7) is 2.10. The molecule has 1 saturated carbocycles. The maximum absolute atomic E-state index is 12.4. The number of amides is 2. The minimum Gasteiger partial charge on any atom is -0.464 e. The monoisotopic (exact) mass is 362 g/mol. The zero-order valence-corrected chi connectivity index (χ0v) is 15.2. The lowest BCUT2D eigenvalue weighted by atomic mass is 10.1. The molecule has 2 N–H and O–H groups in total. The third-order valence-electron chi connectivity index (χ3n) is 4.86. The van der Waals surface area contributed by atoms with Crippen molar-refractivity contribution in [1.29, 1.82) is 0 Å². The summed E-state index contributed by atoms with van der Waals surface area (Å²) in [4.78, 5) is 24.2. The van der Waals surface area contributed by atoms with E-state index in [-0.39, 0.29) is 24.2 Å². The lowest BCUT2D eigenvalue weighted by Crippen LogP contribution is -2.15. The molecule has 4 rings (SSSR count). The fourth-order valence-corrected chi connectivity index (χ4v) is 3.09. The molecule has 5 nitrogen and oxygen atoms in total. The number of nitrogens with one attached hydrogen (secondary N) is 2. The van der Waals surface area contributed by atoms with E-state index in [0.29, 0.717) is 5.69 Å². The van der Waals surface area contributed by atoms with Gasteiger partial charge < -0.3 is 15.1 Å². The molecular formula is C22H22N2O3.